The van der Waals surface area contributed by atoms with Crippen molar-refractivity contribution in [2.45, 2.75) is 25.9 Å². The first kappa shape index (κ1) is 17.6. The number of amides is 2. The highest BCUT2D eigenvalue weighted by molar-refractivity contribution is 5.97. The summed E-state index contributed by atoms with van der Waals surface area (Å²) in [6.45, 7) is 3.02. The molecule has 2 aliphatic heterocycles. The maximum absolute atomic E-state index is 12.7. The molecule has 2 fully saturated rings. The van der Waals surface area contributed by atoms with Crippen LogP contribution in [0, 0.1) is 11.8 Å². The molecular weight excluding hydrogens is 324 g/mol. The second-order valence-corrected chi connectivity index (χ2v) is 7.06. The van der Waals surface area contributed by atoms with Crippen molar-refractivity contribution in [3.63, 3.8) is 0 Å². The Hall–Kier alpha value is -2.22. The number of Topliss-reactive ketones (excluding diaryl/α,β-unsaturated/α-hetero) is 1. The van der Waals surface area contributed by atoms with Gasteiger partial charge in [0.25, 0.3) is 5.91 Å². The van der Waals surface area contributed by atoms with E-state index in [0.29, 0.717) is 25.4 Å². The second kappa shape index (κ2) is 6.95. The number of fused-ring (bicyclic) bond motifs is 1. The van der Waals surface area contributed by atoms with Gasteiger partial charge in [0.05, 0.1) is 18.6 Å². The Morgan fingerprint density at radius 2 is 2.12 bits per heavy atom. The van der Waals surface area contributed by atoms with Crippen molar-refractivity contribution in [1.82, 2.24) is 20.0 Å². The summed E-state index contributed by atoms with van der Waals surface area (Å²) < 4.78 is 5.88. The number of hydrogen-bond acceptors (Lipinski definition) is 5. The van der Waals surface area contributed by atoms with E-state index in [1.54, 1.807) is 23.9 Å². The lowest BCUT2D eigenvalue weighted by atomic mass is 9.83. The first-order valence-corrected chi connectivity index (χ1v) is 8.55. The van der Waals surface area contributed by atoms with E-state index in [1.807, 2.05) is 0 Å². The third-order valence-electron chi connectivity index (χ3n) is 5.01. The first-order valence-electron chi connectivity index (χ1n) is 8.55. The van der Waals surface area contributed by atoms with Crippen molar-refractivity contribution >= 4 is 17.6 Å². The Balaban J connectivity index is 1.66. The minimum Gasteiger partial charge on any atom is -0.377 e. The molecule has 1 aromatic rings. The van der Waals surface area contributed by atoms with Crippen LogP contribution in [-0.4, -0.2) is 77.5 Å². The second-order valence-electron chi connectivity index (χ2n) is 7.06. The van der Waals surface area contributed by atoms with Gasteiger partial charge in [-0.2, -0.15) is 5.10 Å². The molecule has 8 heteroatoms. The molecule has 2 amide bonds. The van der Waals surface area contributed by atoms with E-state index in [9.17, 15) is 14.4 Å². The number of ketones is 1. The summed E-state index contributed by atoms with van der Waals surface area (Å²) in [4.78, 5) is 39.5. The topological polar surface area (TPSA) is 95.6 Å². The number of likely N-dealkylation sites (tertiary alicyclic amines) is 1. The van der Waals surface area contributed by atoms with Crippen LogP contribution in [0.3, 0.4) is 0 Å². The minimum absolute atomic E-state index is 0.0709. The standard InChI is InChI=1S/C17H24N4O4/c1-10(22)13-7-14(19-18-13)17(24)21-5-4-15-11(8-21)6-12(9-25-15)16(23)20(2)3/h7,11-12,15H,4-6,8-9H2,1-3H3,(H,18,19)/t11-,12-,15+/m0/s1. The Kier molecular flexibility index (Phi) is 4.89. The Morgan fingerprint density at radius 3 is 2.76 bits per heavy atom. The van der Waals surface area contributed by atoms with Gasteiger partial charge in [0.1, 0.15) is 11.4 Å². The Bertz CT molecular complexity index is 684. The third-order valence-corrected chi connectivity index (χ3v) is 5.01. The number of piperidine rings is 1. The van der Waals surface area contributed by atoms with E-state index in [1.165, 1.54) is 13.0 Å². The highest BCUT2D eigenvalue weighted by atomic mass is 16.5. The zero-order valence-corrected chi connectivity index (χ0v) is 14.8. The van der Waals surface area contributed by atoms with Gasteiger partial charge in [-0.25, -0.2) is 0 Å². The monoisotopic (exact) mass is 348 g/mol. The summed E-state index contributed by atoms with van der Waals surface area (Å²) >= 11 is 0. The maximum Gasteiger partial charge on any atom is 0.271 e. The van der Waals surface area contributed by atoms with Gasteiger partial charge in [0.2, 0.25) is 5.91 Å². The molecule has 1 N–H and O–H groups in total. The number of rotatable bonds is 3. The number of H-pyrrole nitrogens is 1. The van der Waals surface area contributed by atoms with Crippen LogP contribution in [0.25, 0.3) is 0 Å². The molecule has 3 heterocycles. The summed E-state index contributed by atoms with van der Waals surface area (Å²) in [5, 5.41) is 6.51. The number of nitrogens with one attached hydrogen (secondary N) is 1. The molecule has 8 nitrogen and oxygen atoms in total. The highest BCUT2D eigenvalue weighted by Gasteiger charge is 2.40. The third kappa shape index (κ3) is 3.58. The molecule has 0 radical (unpaired) electrons. The number of aromatic nitrogens is 2. The van der Waals surface area contributed by atoms with Gasteiger partial charge in [0, 0.05) is 40.0 Å². The van der Waals surface area contributed by atoms with Gasteiger partial charge >= 0.3 is 0 Å². The molecule has 0 aliphatic carbocycles. The lowest BCUT2D eigenvalue weighted by Crippen LogP contribution is -2.51. The van der Waals surface area contributed by atoms with Crippen molar-refractivity contribution in [1.29, 1.82) is 0 Å². The fourth-order valence-corrected chi connectivity index (χ4v) is 3.63. The lowest BCUT2D eigenvalue weighted by Gasteiger charge is -2.43. The predicted molar refractivity (Wildman–Crippen MR) is 89.1 cm³/mol. The predicted octanol–water partition coefficient (Wildman–Crippen LogP) is 0.568. The van der Waals surface area contributed by atoms with Crippen LogP contribution in [0.1, 0.15) is 40.7 Å². The van der Waals surface area contributed by atoms with Gasteiger partial charge in [-0.05, 0) is 18.9 Å². The van der Waals surface area contributed by atoms with E-state index < -0.39 is 0 Å². The van der Waals surface area contributed by atoms with E-state index in [-0.39, 0.29) is 41.2 Å². The zero-order chi connectivity index (χ0) is 18.1. The molecule has 136 valence electrons. The average molecular weight is 348 g/mol. The van der Waals surface area contributed by atoms with Crippen LogP contribution in [-0.2, 0) is 9.53 Å². The molecule has 0 aromatic carbocycles. The lowest BCUT2D eigenvalue weighted by molar-refractivity contribution is -0.145. The van der Waals surface area contributed by atoms with Gasteiger partial charge in [-0.3, -0.25) is 19.5 Å². The molecule has 3 rings (SSSR count). The van der Waals surface area contributed by atoms with Crippen molar-refractivity contribution in [3.8, 4) is 0 Å². The van der Waals surface area contributed by atoms with Crippen LogP contribution >= 0.6 is 0 Å². The Morgan fingerprint density at radius 1 is 1.36 bits per heavy atom. The quantitative estimate of drug-likeness (QED) is 0.806. The van der Waals surface area contributed by atoms with Crippen LogP contribution in [0.2, 0.25) is 0 Å². The van der Waals surface area contributed by atoms with Crippen molar-refractivity contribution in [3.05, 3.63) is 17.5 Å². The molecule has 0 spiro atoms. The SMILES string of the molecule is CC(=O)c1cc(C(=O)N2CC[C@H]3OC[C@@H](C(=O)N(C)C)C[C@H]3C2)[nH]n1. The van der Waals surface area contributed by atoms with Crippen LogP contribution in [0.4, 0.5) is 0 Å². The summed E-state index contributed by atoms with van der Waals surface area (Å²) in [5.41, 5.74) is 0.581. The Labute approximate surface area is 146 Å². The van der Waals surface area contributed by atoms with Crippen molar-refractivity contribution < 1.29 is 19.1 Å². The molecule has 1 aromatic heterocycles. The van der Waals surface area contributed by atoms with E-state index in [4.69, 9.17) is 4.74 Å². The first-order chi connectivity index (χ1) is 11.9. The van der Waals surface area contributed by atoms with Crippen molar-refractivity contribution in [2.24, 2.45) is 11.8 Å². The molecule has 0 bridgehead atoms. The molecule has 25 heavy (non-hydrogen) atoms. The molecule has 2 aliphatic rings. The molecule has 0 unspecified atom stereocenters. The number of carbonyl (C=O) groups excluding carboxylic acids is 3. The van der Waals surface area contributed by atoms with Gasteiger partial charge in [0.15, 0.2) is 5.78 Å². The molecule has 3 atom stereocenters. The van der Waals surface area contributed by atoms with Crippen molar-refractivity contribution in [2.75, 3.05) is 33.8 Å². The number of aromatic amines is 1. The van der Waals surface area contributed by atoms with Crippen LogP contribution < -0.4 is 0 Å². The van der Waals surface area contributed by atoms with E-state index in [2.05, 4.69) is 10.2 Å². The van der Waals surface area contributed by atoms with Crippen LogP contribution in [0.15, 0.2) is 6.07 Å². The maximum atomic E-state index is 12.7. The molecule has 2 saturated heterocycles. The van der Waals surface area contributed by atoms with Crippen LogP contribution in [0.5, 0.6) is 0 Å². The molecular formula is C17H24N4O4. The van der Waals surface area contributed by atoms with Gasteiger partial charge in [-0.1, -0.05) is 0 Å². The highest BCUT2D eigenvalue weighted by Crippen LogP contribution is 2.32. The summed E-state index contributed by atoms with van der Waals surface area (Å²) in [7, 11) is 3.49. The van der Waals surface area contributed by atoms with E-state index in [0.717, 1.165) is 12.8 Å². The summed E-state index contributed by atoms with van der Waals surface area (Å²) in [6, 6.07) is 1.49. The molecule has 0 saturated carbocycles. The minimum atomic E-state index is -0.181. The normalized spacial score (nSPS) is 26.0. The number of nitrogens with zero attached hydrogens (tertiary/aromatic N) is 3. The zero-order valence-electron chi connectivity index (χ0n) is 14.8. The van der Waals surface area contributed by atoms with Gasteiger partial charge in [-0.15, -0.1) is 0 Å². The smallest absolute Gasteiger partial charge is 0.271 e. The summed E-state index contributed by atoms with van der Waals surface area (Å²) in [5.74, 6) is -0.279. The number of carbonyl (C=O) groups is 3. The van der Waals surface area contributed by atoms with Gasteiger partial charge < -0.3 is 14.5 Å². The van der Waals surface area contributed by atoms with E-state index >= 15 is 0 Å². The number of ether oxygens (including phenoxy) is 1. The summed E-state index contributed by atoms with van der Waals surface area (Å²) in [6.07, 6.45) is 1.59. The fraction of sp³-hybridized carbons (Fsp3) is 0.647. The fourth-order valence-electron chi connectivity index (χ4n) is 3.63. The largest absolute Gasteiger partial charge is 0.377 e. The average Bonchev–Trinajstić information content (AvgIpc) is 3.09. The number of hydrogen-bond donors (Lipinski definition) is 1.